The highest BCUT2D eigenvalue weighted by Gasteiger charge is 2.35. The van der Waals surface area contributed by atoms with E-state index in [9.17, 15) is 0 Å². The Labute approximate surface area is 127 Å². The molecule has 116 valence electrons. The van der Waals surface area contributed by atoms with Gasteiger partial charge in [-0.2, -0.15) is 0 Å². The van der Waals surface area contributed by atoms with E-state index in [0.717, 1.165) is 49.6 Å². The quantitative estimate of drug-likeness (QED) is 0.834. The van der Waals surface area contributed by atoms with Crippen LogP contribution in [0.2, 0.25) is 0 Å². The van der Waals surface area contributed by atoms with Crippen LogP contribution >= 0.6 is 0 Å². The summed E-state index contributed by atoms with van der Waals surface area (Å²) in [5, 5.41) is 3.58. The molecule has 1 aromatic carbocycles. The molecule has 2 aliphatic rings. The molecule has 0 radical (unpaired) electrons. The van der Waals surface area contributed by atoms with Gasteiger partial charge in [-0.1, -0.05) is 6.92 Å². The van der Waals surface area contributed by atoms with Crippen molar-refractivity contribution in [2.75, 3.05) is 39.4 Å². The van der Waals surface area contributed by atoms with Crippen LogP contribution in [0.15, 0.2) is 24.3 Å². The van der Waals surface area contributed by atoms with E-state index in [2.05, 4.69) is 17.1 Å². The van der Waals surface area contributed by atoms with E-state index >= 15 is 0 Å². The first-order chi connectivity index (χ1) is 10.3. The van der Waals surface area contributed by atoms with Crippen molar-refractivity contribution in [3.63, 3.8) is 0 Å². The summed E-state index contributed by atoms with van der Waals surface area (Å²) >= 11 is 0. The number of benzene rings is 1. The Bertz CT molecular complexity index is 423. The number of hydrogen-bond acceptors (Lipinski definition) is 4. The molecule has 0 aliphatic carbocycles. The largest absolute Gasteiger partial charge is 0.494 e. The predicted octanol–water partition coefficient (Wildman–Crippen LogP) is 2.15. The molecule has 2 heterocycles. The molecule has 0 spiro atoms. The maximum Gasteiger partial charge on any atom is 0.119 e. The Morgan fingerprint density at radius 1 is 1.10 bits per heavy atom. The molecular formula is C17H26N2O2. The van der Waals surface area contributed by atoms with E-state index in [0.29, 0.717) is 0 Å². The lowest BCUT2D eigenvalue weighted by Gasteiger charge is -2.17. The zero-order valence-corrected chi connectivity index (χ0v) is 12.9. The van der Waals surface area contributed by atoms with Crippen LogP contribution in [0.5, 0.6) is 11.5 Å². The molecular weight excluding hydrogens is 264 g/mol. The molecule has 0 bridgehead atoms. The topological polar surface area (TPSA) is 33.7 Å². The molecule has 0 unspecified atom stereocenters. The molecule has 2 saturated heterocycles. The molecule has 1 N–H and O–H groups in total. The lowest BCUT2D eigenvalue weighted by molar-refractivity contribution is 0.228. The molecule has 0 saturated carbocycles. The Morgan fingerprint density at radius 2 is 1.81 bits per heavy atom. The van der Waals surface area contributed by atoms with Crippen molar-refractivity contribution in [1.29, 1.82) is 0 Å². The van der Waals surface area contributed by atoms with Crippen molar-refractivity contribution < 1.29 is 9.47 Å². The zero-order chi connectivity index (χ0) is 14.5. The normalized spacial score (nSPS) is 25.0. The van der Waals surface area contributed by atoms with E-state index in [1.807, 2.05) is 24.3 Å². The number of nitrogens with one attached hydrogen (secondary N) is 1. The fraction of sp³-hybridized carbons (Fsp3) is 0.647. The van der Waals surface area contributed by atoms with Crippen LogP contribution in [0.3, 0.4) is 0 Å². The summed E-state index contributed by atoms with van der Waals surface area (Å²) in [5.41, 5.74) is 0. The third-order valence-corrected chi connectivity index (χ3v) is 4.41. The van der Waals surface area contributed by atoms with Crippen LogP contribution in [0.25, 0.3) is 0 Å². The molecule has 3 rings (SSSR count). The van der Waals surface area contributed by atoms with Gasteiger partial charge in [0.05, 0.1) is 6.61 Å². The van der Waals surface area contributed by atoms with Crippen molar-refractivity contribution in [3.8, 4) is 11.5 Å². The Hall–Kier alpha value is -1.26. The number of nitrogens with zero attached hydrogens (tertiary/aromatic N) is 1. The lowest BCUT2D eigenvalue weighted by Crippen LogP contribution is -2.32. The van der Waals surface area contributed by atoms with E-state index < -0.39 is 0 Å². The zero-order valence-electron chi connectivity index (χ0n) is 12.9. The van der Waals surface area contributed by atoms with Crippen LogP contribution in [0, 0.1) is 5.92 Å². The first kappa shape index (κ1) is 14.7. The number of hydrogen-bond donors (Lipinski definition) is 1. The van der Waals surface area contributed by atoms with Crippen molar-refractivity contribution in [2.45, 2.75) is 25.8 Å². The fourth-order valence-electron chi connectivity index (χ4n) is 3.27. The molecule has 2 aliphatic heterocycles. The Balaban J connectivity index is 1.37. The van der Waals surface area contributed by atoms with Gasteiger partial charge < -0.3 is 14.8 Å². The fourth-order valence-corrected chi connectivity index (χ4v) is 3.27. The van der Waals surface area contributed by atoms with E-state index in [4.69, 9.17) is 9.47 Å². The van der Waals surface area contributed by atoms with Crippen LogP contribution < -0.4 is 14.8 Å². The highest BCUT2D eigenvalue weighted by Crippen LogP contribution is 2.24. The Morgan fingerprint density at radius 3 is 2.48 bits per heavy atom. The van der Waals surface area contributed by atoms with Gasteiger partial charge >= 0.3 is 0 Å². The van der Waals surface area contributed by atoms with Crippen LogP contribution in [0.1, 0.15) is 19.8 Å². The van der Waals surface area contributed by atoms with Crippen molar-refractivity contribution in [2.24, 2.45) is 5.92 Å². The van der Waals surface area contributed by atoms with Gasteiger partial charge in [-0.25, -0.2) is 0 Å². The SMILES string of the molecule is CCCOc1ccc(OCCN2C[C@@H]3CCN[C@@H]3C2)cc1. The molecule has 21 heavy (non-hydrogen) atoms. The molecule has 4 nitrogen and oxygen atoms in total. The molecule has 1 aromatic rings. The molecule has 0 aromatic heterocycles. The second-order valence-electron chi connectivity index (χ2n) is 6.04. The summed E-state index contributed by atoms with van der Waals surface area (Å²) in [7, 11) is 0. The summed E-state index contributed by atoms with van der Waals surface area (Å²) in [6, 6.07) is 8.67. The summed E-state index contributed by atoms with van der Waals surface area (Å²) in [6.07, 6.45) is 2.37. The van der Waals surface area contributed by atoms with Crippen molar-refractivity contribution in [3.05, 3.63) is 24.3 Å². The van der Waals surface area contributed by atoms with Gasteiger partial charge in [0.25, 0.3) is 0 Å². The maximum atomic E-state index is 5.83. The molecule has 4 heteroatoms. The minimum Gasteiger partial charge on any atom is -0.494 e. The smallest absolute Gasteiger partial charge is 0.119 e. The van der Waals surface area contributed by atoms with Crippen molar-refractivity contribution >= 4 is 0 Å². The highest BCUT2D eigenvalue weighted by atomic mass is 16.5. The summed E-state index contributed by atoms with van der Waals surface area (Å²) in [4.78, 5) is 2.51. The average molecular weight is 290 g/mol. The van der Waals surface area contributed by atoms with E-state index in [1.54, 1.807) is 0 Å². The standard InChI is InChI=1S/C17H26N2O2/c1-2-10-20-15-3-5-16(6-4-15)21-11-9-19-12-14-7-8-18-17(14)13-19/h3-6,14,17-18H,2,7-13H2,1H3/t14-,17+/m0/s1. The maximum absolute atomic E-state index is 5.83. The third kappa shape index (κ3) is 3.89. The monoisotopic (exact) mass is 290 g/mol. The Kier molecular flexibility index (Phi) is 4.99. The molecule has 2 fully saturated rings. The van der Waals surface area contributed by atoms with Crippen LogP contribution in [0.4, 0.5) is 0 Å². The van der Waals surface area contributed by atoms with Gasteiger partial charge in [0.1, 0.15) is 18.1 Å². The second-order valence-corrected chi connectivity index (χ2v) is 6.04. The van der Waals surface area contributed by atoms with Gasteiger partial charge in [0.15, 0.2) is 0 Å². The van der Waals surface area contributed by atoms with Gasteiger partial charge in [0.2, 0.25) is 0 Å². The average Bonchev–Trinajstić information content (AvgIpc) is 3.08. The van der Waals surface area contributed by atoms with Gasteiger partial charge in [-0.15, -0.1) is 0 Å². The highest BCUT2D eigenvalue weighted by molar-refractivity contribution is 5.31. The van der Waals surface area contributed by atoms with Gasteiger partial charge in [-0.05, 0) is 49.6 Å². The van der Waals surface area contributed by atoms with Crippen LogP contribution in [-0.4, -0.2) is 50.3 Å². The summed E-state index contributed by atoms with van der Waals surface area (Å²) in [6.45, 7) is 8.26. The van der Waals surface area contributed by atoms with E-state index in [1.165, 1.54) is 26.1 Å². The number of fused-ring (bicyclic) bond motifs is 1. The minimum atomic E-state index is 0.722. The van der Waals surface area contributed by atoms with Gasteiger partial charge in [0, 0.05) is 25.7 Å². The lowest BCUT2D eigenvalue weighted by atomic mass is 10.1. The first-order valence-electron chi connectivity index (χ1n) is 8.16. The van der Waals surface area contributed by atoms with Gasteiger partial charge in [-0.3, -0.25) is 4.90 Å². The van der Waals surface area contributed by atoms with Crippen molar-refractivity contribution in [1.82, 2.24) is 10.2 Å². The number of ether oxygens (including phenoxy) is 2. The van der Waals surface area contributed by atoms with E-state index in [-0.39, 0.29) is 0 Å². The molecule has 2 atom stereocenters. The third-order valence-electron chi connectivity index (χ3n) is 4.41. The summed E-state index contributed by atoms with van der Waals surface area (Å²) in [5.74, 6) is 2.71. The summed E-state index contributed by atoms with van der Waals surface area (Å²) < 4.78 is 11.4. The van der Waals surface area contributed by atoms with Crippen LogP contribution in [-0.2, 0) is 0 Å². The second kappa shape index (κ2) is 7.14. The first-order valence-corrected chi connectivity index (χ1v) is 8.16. The number of likely N-dealkylation sites (tertiary alicyclic amines) is 1. The molecule has 0 amide bonds. The predicted molar refractivity (Wildman–Crippen MR) is 84.1 cm³/mol. The minimum absolute atomic E-state index is 0.722. The number of rotatable bonds is 7.